The van der Waals surface area contributed by atoms with Crippen molar-refractivity contribution in [3.63, 3.8) is 0 Å². The van der Waals surface area contributed by atoms with Crippen molar-refractivity contribution >= 4 is 5.95 Å². The number of nitrogens with one attached hydrogen (secondary N) is 1. The summed E-state index contributed by atoms with van der Waals surface area (Å²) in [4.78, 5) is 4.38. The van der Waals surface area contributed by atoms with Crippen molar-refractivity contribution in [2.45, 2.75) is 31.8 Å². The molecule has 1 aromatic heterocycles. The van der Waals surface area contributed by atoms with Gasteiger partial charge in [0.25, 0.3) is 0 Å². The van der Waals surface area contributed by atoms with E-state index in [1.54, 1.807) is 14.2 Å². The minimum Gasteiger partial charge on any atom is -0.493 e. The van der Waals surface area contributed by atoms with Crippen molar-refractivity contribution in [3.05, 3.63) is 36.2 Å². The van der Waals surface area contributed by atoms with E-state index in [4.69, 9.17) is 9.47 Å². The molecule has 1 heterocycles. The number of ether oxygens (including phenoxy) is 2. The molecule has 1 aliphatic rings. The van der Waals surface area contributed by atoms with Crippen LogP contribution < -0.4 is 14.8 Å². The number of imidazole rings is 1. The van der Waals surface area contributed by atoms with Crippen LogP contribution in [0.5, 0.6) is 11.5 Å². The van der Waals surface area contributed by atoms with Gasteiger partial charge in [0.05, 0.1) is 14.2 Å². The molecule has 1 aliphatic carbocycles. The first-order valence-electron chi connectivity index (χ1n) is 7.28. The molecule has 3 rings (SSSR count). The SMILES string of the molecule is COc1ccc(CCn2ccnc2NC2CC2)cc1OC. The molecule has 1 fully saturated rings. The Labute approximate surface area is 124 Å². The van der Waals surface area contributed by atoms with E-state index in [9.17, 15) is 0 Å². The van der Waals surface area contributed by atoms with Crippen LogP contribution in [0.25, 0.3) is 0 Å². The van der Waals surface area contributed by atoms with Crippen molar-refractivity contribution in [2.75, 3.05) is 19.5 Å². The van der Waals surface area contributed by atoms with E-state index >= 15 is 0 Å². The Hall–Kier alpha value is -2.17. The van der Waals surface area contributed by atoms with E-state index in [1.807, 2.05) is 24.5 Å². The normalized spacial score (nSPS) is 14.0. The molecule has 0 unspecified atom stereocenters. The van der Waals surface area contributed by atoms with E-state index in [1.165, 1.54) is 18.4 Å². The molecule has 0 amide bonds. The lowest BCUT2D eigenvalue weighted by molar-refractivity contribution is 0.354. The van der Waals surface area contributed by atoms with Crippen LogP contribution in [-0.2, 0) is 13.0 Å². The molecule has 0 saturated heterocycles. The molecule has 5 nitrogen and oxygen atoms in total. The zero-order valence-electron chi connectivity index (χ0n) is 12.5. The summed E-state index contributed by atoms with van der Waals surface area (Å²) in [6.45, 7) is 0.893. The van der Waals surface area contributed by atoms with Gasteiger partial charge in [0.1, 0.15) is 0 Å². The van der Waals surface area contributed by atoms with Gasteiger partial charge in [0, 0.05) is 25.0 Å². The highest BCUT2D eigenvalue weighted by molar-refractivity contribution is 5.43. The molecule has 112 valence electrons. The van der Waals surface area contributed by atoms with Gasteiger partial charge in [-0.05, 0) is 37.0 Å². The Bertz CT molecular complexity index is 605. The van der Waals surface area contributed by atoms with E-state index in [0.717, 1.165) is 30.4 Å². The first kappa shape index (κ1) is 13.8. The fourth-order valence-corrected chi connectivity index (χ4v) is 2.33. The van der Waals surface area contributed by atoms with Gasteiger partial charge in [-0.1, -0.05) is 6.07 Å². The Kier molecular flexibility index (Phi) is 3.99. The molecule has 1 saturated carbocycles. The lowest BCUT2D eigenvalue weighted by Gasteiger charge is -2.11. The number of methoxy groups -OCH3 is 2. The summed E-state index contributed by atoms with van der Waals surface area (Å²) in [6.07, 6.45) is 7.30. The molecule has 5 heteroatoms. The lowest BCUT2D eigenvalue weighted by atomic mass is 10.1. The molecule has 0 bridgehead atoms. The van der Waals surface area contributed by atoms with Crippen molar-refractivity contribution in [1.82, 2.24) is 9.55 Å². The summed E-state index contributed by atoms with van der Waals surface area (Å²) >= 11 is 0. The smallest absolute Gasteiger partial charge is 0.202 e. The summed E-state index contributed by atoms with van der Waals surface area (Å²) < 4.78 is 12.8. The summed E-state index contributed by atoms with van der Waals surface area (Å²) in [5, 5.41) is 3.45. The third-order valence-electron chi connectivity index (χ3n) is 3.72. The standard InChI is InChI=1S/C16H21N3O2/c1-20-14-6-3-12(11-15(14)21-2)7-9-19-10-8-17-16(19)18-13-4-5-13/h3,6,8,10-11,13H,4-5,7,9H2,1-2H3,(H,17,18). The number of rotatable bonds is 7. The highest BCUT2D eigenvalue weighted by Crippen LogP contribution is 2.28. The van der Waals surface area contributed by atoms with Gasteiger partial charge in [-0.3, -0.25) is 0 Å². The zero-order chi connectivity index (χ0) is 14.7. The molecule has 0 spiro atoms. The number of anilines is 1. The van der Waals surface area contributed by atoms with E-state index in [-0.39, 0.29) is 0 Å². The van der Waals surface area contributed by atoms with Crippen molar-refractivity contribution < 1.29 is 9.47 Å². The van der Waals surface area contributed by atoms with E-state index in [0.29, 0.717) is 6.04 Å². The molecule has 1 aromatic carbocycles. The maximum absolute atomic E-state index is 5.34. The van der Waals surface area contributed by atoms with Crippen LogP contribution in [0.4, 0.5) is 5.95 Å². The van der Waals surface area contributed by atoms with Gasteiger partial charge in [0.15, 0.2) is 11.5 Å². The summed E-state index contributed by atoms with van der Waals surface area (Å²) in [6, 6.07) is 6.67. The van der Waals surface area contributed by atoms with Crippen LogP contribution in [-0.4, -0.2) is 29.8 Å². The maximum atomic E-state index is 5.34. The molecule has 0 aliphatic heterocycles. The monoisotopic (exact) mass is 287 g/mol. The van der Waals surface area contributed by atoms with Gasteiger partial charge >= 0.3 is 0 Å². The molecular formula is C16H21N3O2. The van der Waals surface area contributed by atoms with E-state index in [2.05, 4.69) is 20.9 Å². The summed E-state index contributed by atoms with van der Waals surface area (Å²) in [5.41, 5.74) is 1.22. The average Bonchev–Trinajstić information content (AvgIpc) is 3.22. The minimum absolute atomic E-state index is 0.618. The van der Waals surface area contributed by atoms with Crippen LogP contribution >= 0.6 is 0 Å². The Morgan fingerprint density at radius 1 is 1.24 bits per heavy atom. The number of benzene rings is 1. The van der Waals surface area contributed by atoms with Crippen molar-refractivity contribution in [3.8, 4) is 11.5 Å². The number of hydrogen-bond donors (Lipinski definition) is 1. The first-order chi connectivity index (χ1) is 10.3. The predicted molar refractivity (Wildman–Crippen MR) is 82.1 cm³/mol. The second-order valence-electron chi connectivity index (χ2n) is 5.30. The largest absolute Gasteiger partial charge is 0.493 e. The van der Waals surface area contributed by atoms with Crippen molar-refractivity contribution in [2.24, 2.45) is 0 Å². The second-order valence-corrected chi connectivity index (χ2v) is 5.30. The fraction of sp³-hybridized carbons (Fsp3) is 0.438. The Morgan fingerprint density at radius 3 is 2.76 bits per heavy atom. The van der Waals surface area contributed by atoms with Gasteiger partial charge in [-0.25, -0.2) is 4.98 Å². The van der Waals surface area contributed by atoms with Crippen LogP contribution in [0, 0.1) is 0 Å². The minimum atomic E-state index is 0.618. The molecule has 0 radical (unpaired) electrons. The highest BCUT2D eigenvalue weighted by atomic mass is 16.5. The maximum Gasteiger partial charge on any atom is 0.202 e. The topological polar surface area (TPSA) is 48.3 Å². The Morgan fingerprint density at radius 2 is 2.05 bits per heavy atom. The number of aryl methyl sites for hydroxylation is 2. The highest BCUT2D eigenvalue weighted by Gasteiger charge is 2.22. The molecule has 0 atom stereocenters. The number of nitrogens with zero attached hydrogens (tertiary/aromatic N) is 2. The third kappa shape index (κ3) is 3.29. The third-order valence-corrected chi connectivity index (χ3v) is 3.72. The molecule has 2 aromatic rings. The predicted octanol–water partition coefficient (Wildman–Crippen LogP) is 2.72. The van der Waals surface area contributed by atoms with Gasteiger partial charge in [-0.2, -0.15) is 0 Å². The first-order valence-corrected chi connectivity index (χ1v) is 7.28. The van der Waals surface area contributed by atoms with Crippen LogP contribution in [0.3, 0.4) is 0 Å². The van der Waals surface area contributed by atoms with Crippen LogP contribution in [0.2, 0.25) is 0 Å². The van der Waals surface area contributed by atoms with Gasteiger partial charge < -0.3 is 19.4 Å². The average molecular weight is 287 g/mol. The number of hydrogen-bond acceptors (Lipinski definition) is 4. The summed E-state index contributed by atoms with van der Waals surface area (Å²) in [7, 11) is 3.31. The number of aromatic nitrogens is 2. The molecule has 1 N–H and O–H groups in total. The lowest BCUT2D eigenvalue weighted by Crippen LogP contribution is -2.10. The zero-order valence-corrected chi connectivity index (χ0v) is 12.5. The van der Waals surface area contributed by atoms with Gasteiger partial charge in [-0.15, -0.1) is 0 Å². The summed E-state index contributed by atoms with van der Waals surface area (Å²) in [5.74, 6) is 2.51. The van der Waals surface area contributed by atoms with Crippen LogP contribution in [0.15, 0.2) is 30.6 Å². The fourth-order valence-electron chi connectivity index (χ4n) is 2.33. The van der Waals surface area contributed by atoms with Crippen LogP contribution in [0.1, 0.15) is 18.4 Å². The molecule has 21 heavy (non-hydrogen) atoms. The quantitative estimate of drug-likeness (QED) is 0.850. The molecular weight excluding hydrogens is 266 g/mol. The van der Waals surface area contributed by atoms with Crippen molar-refractivity contribution in [1.29, 1.82) is 0 Å². The van der Waals surface area contributed by atoms with Gasteiger partial charge in [0.2, 0.25) is 5.95 Å². The second kappa shape index (κ2) is 6.08. The Balaban J connectivity index is 1.65. The van der Waals surface area contributed by atoms with E-state index < -0.39 is 0 Å².